The van der Waals surface area contributed by atoms with Crippen LogP contribution in [0.15, 0.2) is 12.1 Å². The molecule has 0 amide bonds. The van der Waals surface area contributed by atoms with Gasteiger partial charge in [-0.05, 0) is 45.1 Å². The second-order valence-corrected chi connectivity index (χ2v) is 3.80. The lowest BCUT2D eigenvalue weighted by Gasteiger charge is -2.10. The highest BCUT2D eigenvalue weighted by molar-refractivity contribution is 5.33. The van der Waals surface area contributed by atoms with E-state index in [2.05, 4.69) is 0 Å². The molecule has 0 saturated carbocycles. The number of phenolic OH excluding ortho intramolecular Hbond substituents is 1. The molecule has 84 valence electrons. The Hall–Kier alpha value is -1.16. The summed E-state index contributed by atoms with van der Waals surface area (Å²) in [6, 6.07) is 1.88. The van der Waals surface area contributed by atoms with E-state index in [1.807, 2.05) is 19.0 Å². The second-order valence-electron chi connectivity index (χ2n) is 3.80. The monoisotopic (exact) mass is 215 g/mol. The quantitative estimate of drug-likeness (QED) is 0.832. The van der Waals surface area contributed by atoms with Crippen molar-refractivity contribution in [2.75, 3.05) is 20.6 Å². The maximum Gasteiger partial charge on any atom is 0.162 e. The van der Waals surface area contributed by atoms with Gasteiger partial charge in [0.05, 0.1) is 0 Å². The van der Waals surface area contributed by atoms with Crippen molar-refractivity contribution in [1.82, 2.24) is 4.90 Å². The molecule has 1 rings (SSSR count). The van der Waals surface area contributed by atoms with Crippen LogP contribution in [0.2, 0.25) is 0 Å². The van der Waals surface area contributed by atoms with E-state index < -0.39 is 11.6 Å². The van der Waals surface area contributed by atoms with Gasteiger partial charge in [0.15, 0.2) is 11.6 Å². The number of rotatable bonds is 4. The van der Waals surface area contributed by atoms with Crippen LogP contribution in [0.25, 0.3) is 0 Å². The molecule has 0 heterocycles. The number of aromatic hydroxyl groups is 1. The van der Waals surface area contributed by atoms with Gasteiger partial charge in [-0.25, -0.2) is 8.78 Å². The number of hydrogen-bond acceptors (Lipinski definition) is 2. The van der Waals surface area contributed by atoms with Crippen molar-refractivity contribution in [1.29, 1.82) is 0 Å². The molecule has 15 heavy (non-hydrogen) atoms. The SMILES string of the molecule is CN(C)CCCc1cc(F)c(F)cc1O. The predicted octanol–water partition coefficient (Wildman–Crippen LogP) is 2.16. The predicted molar refractivity (Wildman–Crippen MR) is 54.9 cm³/mol. The van der Waals surface area contributed by atoms with Crippen molar-refractivity contribution in [2.24, 2.45) is 0 Å². The molecule has 1 aromatic rings. The first-order chi connectivity index (χ1) is 7.00. The number of halogens is 2. The Kier molecular flexibility index (Phi) is 4.03. The molecule has 0 spiro atoms. The summed E-state index contributed by atoms with van der Waals surface area (Å²) in [5.41, 5.74) is 0.454. The summed E-state index contributed by atoms with van der Waals surface area (Å²) >= 11 is 0. The minimum Gasteiger partial charge on any atom is -0.508 e. The number of hydrogen-bond donors (Lipinski definition) is 1. The molecule has 1 aromatic carbocycles. The zero-order valence-electron chi connectivity index (χ0n) is 8.93. The van der Waals surface area contributed by atoms with Gasteiger partial charge in [0.25, 0.3) is 0 Å². The number of benzene rings is 1. The third-order valence-corrected chi connectivity index (χ3v) is 2.17. The molecule has 0 aliphatic rings. The van der Waals surface area contributed by atoms with E-state index >= 15 is 0 Å². The fourth-order valence-corrected chi connectivity index (χ4v) is 1.36. The second kappa shape index (κ2) is 5.07. The van der Waals surface area contributed by atoms with Gasteiger partial charge in [-0.1, -0.05) is 0 Å². The molecule has 0 unspecified atom stereocenters. The van der Waals surface area contributed by atoms with E-state index in [1.165, 1.54) is 0 Å². The molecule has 4 heteroatoms. The molecule has 0 bridgehead atoms. The van der Waals surface area contributed by atoms with Gasteiger partial charge in [-0.15, -0.1) is 0 Å². The smallest absolute Gasteiger partial charge is 0.162 e. The Morgan fingerprint density at radius 3 is 2.40 bits per heavy atom. The zero-order valence-corrected chi connectivity index (χ0v) is 8.93. The Labute approximate surface area is 88.1 Å². The third kappa shape index (κ3) is 3.47. The van der Waals surface area contributed by atoms with Crippen molar-refractivity contribution in [3.63, 3.8) is 0 Å². The van der Waals surface area contributed by atoms with Crippen molar-refractivity contribution >= 4 is 0 Å². The van der Waals surface area contributed by atoms with Crippen molar-refractivity contribution in [3.8, 4) is 5.75 Å². The molecule has 1 N–H and O–H groups in total. The van der Waals surface area contributed by atoms with Crippen LogP contribution < -0.4 is 0 Å². The molecule has 0 aliphatic carbocycles. The Morgan fingerprint density at radius 2 is 1.80 bits per heavy atom. The van der Waals surface area contributed by atoms with E-state index in [0.29, 0.717) is 12.0 Å². The van der Waals surface area contributed by atoms with Crippen LogP contribution in [0, 0.1) is 11.6 Å². The first-order valence-corrected chi connectivity index (χ1v) is 4.82. The number of aryl methyl sites for hydroxylation is 1. The highest BCUT2D eigenvalue weighted by Gasteiger charge is 2.08. The van der Waals surface area contributed by atoms with E-state index in [0.717, 1.165) is 25.1 Å². The summed E-state index contributed by atoms with van der Waals surface area (Å²) in [5, 5.41) is 9.36. The molecular formula is C11H15F2NO. The lowest BCUT2D eigenvalue weighted by molar-refractivity contribution is 0.396. The topological polar surface area (TPSA) is 23.5 Å². The Morgan fingerprint density at radius 1 is 1.20 bits per heavy atom. The van der Waals surface area contributed by atoms with E-state index in [9.17, 15) is 13.9 Å². The highest BCUT2D eigenvalue weighted by atomic mass is 19.2. The molecule has 0 aliphatic heterocycles. The maximum absolute atomic E-state index is 12.8. The molecule has 0 radical (unpaired) electrons. The van der Waals surface area contributed by atoms with E-state index in [4.69, 9.17) is 0 Å². The Bertz CT molecular complexity index is 340. The summed E-state index contributed by atoms with van der Waals surface area (Å²) in [5.74, 6) is -2.09. The van der Waals surface area contributed by atoms with Crippen LogP contribution >= 0.6 is 0 Å². The summed E-state index contributed by atoms with van der Waals surface area (Å²) in [6.45, 7) is 0.846. The lowest BCUT2D eigenvalue weighted by Crippen LogP contribution is -2.13. The van der Waals surface area contributed by atoms with Gasteiger partial charge in [0, 0.05) is 6.07 Å². The summed E-state index contributed by atoms with van der Waals surface area (Å²) < 4.78 is 25.5. The van der Waals surface area contributed by atoms with Crippen LogP contribution in [-0.2, 0) is 6.42 Å². The van der Waals surface area contributed by atoms with E-state index in [-0.39, 0.29) is 5.75 Å². The van der Waals surface area contributed by atoms with Gasteiger partial charge < -0.3 is 10.0 Å². The fraction of sp³-hybridized carbons (Fsp3) is 0.455. The first kappa shape index (κ1) is 11.9. The van der Waals surface area contributed by atoms with Gasteiger partial charge in [0.1, 0.15) is 5.75 Å². The average molecular weight is 215 g/mol. The first-order valence-electron chi connectivity index (χ1n) is 4.82. The molecular weight excluding hydrogens is 200 g/mol. The van der Waals surface area contributed by atoms with Gasteiger partial charge in [0.2, 0.25) is 0 Å². The minimum atomic E-state index is -1.01. The van der Waals surface area contributed by atoms with Crippen LogP contribution in [0.4, 0.5) is 8.78 Å². The Balaban J connectivity index is 2.65. The fourth-order valence-electron chi connectivity index (χ4n) is 1.36. The van der Waals surface area contributed by atoms with Crippen molar-refractivity contribution in [3.05, 3.63) is 29.3 Å². The third-order valence-electron chi connectivity index (χ3n) is 2.17. The van der Waals surface area contributed by atoms with Crippen molar-refractivity contribution < 1.29 is 13.9 Å². The molecule has 2 nitrogen and oxygen atoms in total. The zero-order chi connectivity index (χ0) is 11.4. The van der Waals surface area contributed by atoms with Gasteiger partial charge >= 0.3 is 0 Å². The van der Waals surface area contributed by atoms with Gasteiger partial charge in [-0.2, -0.15) is 0 Å². The standard InChI is InChI=1S/C11H15F2NO/c1-14(2)5-3-4-8-6-9(12)10(13)7-11(8)15/h6-7,15H,3-5H2,1-2H3. The molecule has 0 atom stereocenters. The lowest BCUT2D eigenvalue weighted by atomic mass is 10.1. The highest BCUT2D eigenvalue weighted by Crippen LogP contribution is 2.22. The molecule has 0 aromatic heterocycles. The van der Waals surface area contributed by atoms with Gasteiger partial charge in [-0.3, -0.25) is 0 Å². The summed E-state index contributed by atoms with van der Waals surface area (Å²) in [7, 11) is 3.87. The number of nitrogens with zero attached hydrogens (tertiary/aromatic N) is 1. The maximum atomic E-state index is 12.8. The summed E-state index contributed by atoms with van der Waals surface area (Å²) in [6.07, 6.45) is 1.34. The molecule has 0 fully saturated rings. The average Bonchev–Trinajstić information content (AvgIpc) is 2.13. The van der Waals surface area contributed by atoms with Crippen LogP contribution in [-0.4, -0.2) is 30.6 Å². The summed E-state index contributed by atoms with van der Waals surface area (Å²) in [4.78, 5) is 2.00. The van der Waals surface area contributed by atoms with Crippen molar-refractivity contribution in [2.45, 2.75) is 12.8 Å². The van der Waals surface area contributed by atoms with Crippen LogP contribution in [0.5, 0.6) is 5.75 Å². The number of phenols is 1. The van der Waals surface area contributed by atoms with Crippen LogP contribution in [0.1, 0.15) is 12.0 Å². The van der Waals surface area contributed by atoms with Crippen LogP contribution in [0.3, 0.4) is 0 Å². The minimum absolute atomic E-state index is 0.173. The van der Waals surface area contributed by atoms with E-state index in [1.54, 1.807) is 0 Å². The molecule has 0 saturated heterocycles. The largest absolute Gasteiger partial charge is 0.508 e. The normalized spacial score (nSPS) is 11.0.